The van der Waals surface area contributed by atoms with Crippen LogP contribution >= 0.6 is 27.3 Å². The molecule has 7 rings (SSSR count). The first-order chi connectivity index (χ1) is 16.7. The van der Waals surface area contributed by atoms with E-state index in [0.29, 0.717) is 0 Å². The molecule has 1 aliphatic heterocycles. The first-order valence-corrected chi connectivity index (χ1v) is 13.1. The van der Waals surface area contributed by atoms with E-state index >= 15 is 0 Å². The third kappa shape index (κ3) is 3.44. The lowest BCUT2D eigenvalue weighted by Crippen LogP contribution is -2.35. The predicted octanol–water partition coefficient (Wildman–Crippen LogP) is 5.85. The van der Waals surface area contributed by atoms with Gasteiger partial charge in [-0.2, -0.15) is 10.2 Å². The van der Waals surface area contributed by atoms with Crippen LogP contribution in [-0.2, 0) is 17.7 Å². The maximum absolute atomic E-state index is 5.46. The van der Waals surface area contributed by atoms with Crippen LogP contribution in [0.1, 0.15) is 16.0 Å². The Kier molecular flexibility index (Phi) is 4.94. The minimum Gasteiger partial charge on any atom is -0.379 e. The number of benzene rings is 2. The van der Waals surface area contributed by atoms with Crippen molar-refractivity contribution >= 4 is 38.2 Å². The molecule has 1 saturated heterocycles. The van der Waals surface area contributed by atoms with Crippen LogP contribution in [0.2, 0.25) is 0 Å². The summed E-state index contributed by atoms with van der Waals surface area (Å²) in [6.07, 6.45) is 0.915. The van der Waals surface area contributed by atoms with Crippen molar-refractivity contribution in [2.45, 2.75) is 13.0 Å². The van der Waals surface area contributed by atoms with Crippen molar-refractivity contribution in [3.8, 4) is 33.0 Å². The molecule has 2 aliphatic rings. The second-order valence-electron chi connectivity index (χ2n) is 8.91. The lowest BCUT2D eigenvalue weighted by Gasteiger charge is -2.26. The van der Waals surface area contributed by atoms with Crippen molar-refractivity contribution in [3.63, 3.8) is 0 Å². The highest BCUT2D eigenvalue weighted by molar-refractivity contribution is 9.10. The zero-order chi connectivity index (χ0) is 22.6. The van der Waals surface area contributed by atoms with Gasteiger partial charge in [-0.05, 0) is 45.3 Å². The van der Waals surface area contributed by atoms with Crippen molar-refractivity contribution in [1.29, 1.82) is 0 Å². The molecule has 0 amide bonds. The topological polar surface area (TPSA) is 69.8 Å². The van der Waals surface area contributed by atoms with Gasteiger partial charge < -0.3 is 4.74 Å². The number of halogens is 1. The molecule has 2 aromatic carbocycles. The third-order valence-electron chi connectivity index (χ3n) is 6.81. The van der Waals surface area contributed by atoms with E-state index in [0.717, 1.165) is 71.7 Å². The maximum Gasteiger partial charge on any atom is 0.108 e. The fourth-order valence-corrected chi connectivity index (χ4v) is 6.60. The molecule has 34 heavy (non-hydrogen) atoms. The number of hydrogen-bond acceptors (Lipinski definition) is 5. The first kappa shape index (κ1) is 20.6. The number of ether oxygens (including phenoxy) is 1. The van der Waals surface area contributed by atoms with Gasteiger partial charge in [0.05, 0.1) is 30.1 Å². The smallest absolute Gasteiger partial charge is 0.108 e. The Morgan fingerprint density at radius 2 is 1.79 bits per heavy atom. The highest BCUT2D eigenvalue weighted by Crippen LogP contribution is 2.46. The molecule has 5 aromatic rings. The molecule has 6 nitrogen and oxygen atoms in total. The largest absolute Gasteiger partial charge is 0.379 e. The van der Waals surface area contributed by atoms with Gasteiger partial charge in [0.25, 0.3) is 0 Å². The minimum atomic E-state index is 0.839. The molecular weight excluding hydrogens is 510 g/mol. The normalized spacial score (nSPS) is 15.7. The standard InChI is InChI=1S/C26H22BrN5OS/c27-26-18-6-5-17(11-21(18)28-31-26)24-20-13-23-19(25(20)30-29-24)12-22(34-23)16-3-1-15(2-4-16)14-32-7-9-33-10-8-32/h1-6,11-12H,7-10,13-14H2,(H,28,31)(H,29,30). The Morgan fingerprint density at radius 3 is 2.65 bits per heavy atom. The van der Waals surface area contributed by atoms with Crippen molar-refractivity contribution in [3.05, 3.63) is 69.1 Å². The summed E-state index contributed by atoms with van der Waals surface area (Å²) >= 11 is 5.40. The quantitative estimate of drug-likeness (QED) is 0.299. The third-order valence-corrected chi connectivity index (χ3v) is 8.60. The number of hydrogen-bond donors (Lipinski definition) is 2. The Balaban J connectivity index is 1.15. The van der Waals surface area contributed by atoms with E-state index in [-0.39, 0.29) is 0 Å². The van der Waals surface area contributed by atoms with Crippen molar-refractivity contribution in [1.82, 2.24) is 25.3 Å². The Hall–Kier alpha value is -2.78. The molecule has 2 N–H and O–H groups in total. The molecule has 4 heterocycles. The maximum atomic E-state index is 5.46. The van der Waals surface area contributed by atoms with Gasteiger partial charge in [0.15, 0.2) is 0 Å². The van der Waals surface area contributed by atoms with E-state index in [1.54, 1.807) is 0 Å². The second-order valence-corrected chi connectivity index (χ2v) is 10.8. The number of aromatic amines is 2. The summed E-state index contributed by atoms with van der Waals surface area (Å²) in [5.74, 6) is 0. The Labute approximate surface area is 209 Å². The summed E-state index contributed by atoms with van der Waals surface area (Å²) in [6.45, 7) is 4.70. The number of thiophene rings is 1. The molecule has 0 radical (unpaired) electrons. The molecule has 0 spiro atoms. The molecule has 0 bridgehead atoms. The van der Waals surface area contributed by atoms with Gasteiger partial charge in [-0.1, -0.05) is 30.3 Å². The summed E-state index contributed by atoms with van der Waals surface area (Å²) in [7, 11) is 0. The number of aromatic nitrogens is 4. The van der Waals surface area contributed by atoms with Crippen molar-refractivity contribution in [2.24, 2.45) is 0 Å². The monoisotopic (exact) mass is 531 g/mol. The van der Waals surface area contributed by atoms with Crippen LogP contribution in [0.4, 0.5) is 0 Å². The number of nitrogens with one attached hydrogen (secondary N) is 2. The fourth-order valence-electron chi connectivity index (χ4n) is 4.99. The van der Waals surface area contributed by atoms with Crippen LogP contribution in [0.5, 0.6) is 0 Å². The second kappa shape index (κ2) is 8.16. The number of morpholine rings is 1. The van der Waals surface area contributed by atoms with Crippen molar-refractivity contribution < 1.29 is 4.74 Å². The SMILES string of the molecule is Brc1[nH]nc2cc(-c3n[nH]c4c3Cc3sc(-c5ccc(CN6CCOCC6)cc5)cc3-4)ccc12. The van der Waals surface area contributed by atoms with Gasteiger partial charge in [0.1, 0.15) is 4.60 Å². The lowest BCUT2D eigenvalue weighted by atomic mass is 10.0. The number of fused-ring (bicyclic) bond motifs is 4. The number of H-pyrrole nitrogens is 2. The van der Waals surface area contributed by atoms with Crippen LogP contribution in [0.3, 0.4) is 0 Å². The molecule has 170 valence electrons. The van der Waals surface area contributed by atoms with Gasteiger partial charge in [-0.25, -0.2) is 0 Å². The molecule has 0 unspecified atom stereocenters. The van der Waals surface area contributed by atoms with Gasteiger partial charge in [-0.15, -0.1) is 11.3 Å². The highest BCUT2D eigenvalue weighted by atomic mass is 79.9. The van der Waals surface area contributed by atoms with Crippen LogP contribution in [0.15, 0.2) is 53.1 Å². The molecule has 0 saturated carbocycles. The van der Waals surface area contributed by atoms with E-state index in [1.807, 2.05) is 11.3 Å². The molecule has 0 atom stereocenters. The molecule has 1 aliphatic carbocycles. The number of rotatable bonds is 4. The van der Waals surface area contributed by atoms with E-state index in [1.165, 1.54) is 32.0 Å². The summed E-state index contributed by atoms with van der Waals surface area (Å²) < 4.78 is 6.37. The van der Waals surface area contributed by atoms with Gasteiger partial charge in [0, 0.05) is 57.9 Å². The zero-order valence-corrected chi connectivity index (χ0v) is 20.8. The molecular formula is C26H22BrN5OS. The van der Waals surface area contributed by atoms with Crippen molar-refractivity contribution in [2.75, 3.05) is 26.3 Å². The Bertz CT molecular complexity index is 1510. The van der Waals surface area contributed by atoms with Crippen LogP contribution in [-0.4, -0.2) is 51.6 Å². The van der Waals surface area contributed by atoms with Crippen LogP contribution in [0, 0.1) is 0 Å². The highest BCUT2D eigenvalue weighted by Gasteiger charge is 2.28. The molecule has 8 heteroatoms. The van der Waals surface area contributed by atoms with Gasteiger partial charge in [0.2, 0.25) is 0 Å². The average Bonchev–Trinajstić information content (AvgIpc) is 3.62. The van der Waals surface area contributed by atoms with Crippen LogP contribution < -0.4 is 0 Å². The number of nitrogens with zero attached hydrogens (tertiary/aromatic N) is 3. The minimum absolute atomic E-state index is 0.839. The summed E-state index contributed by atoms with van der Waals surface area (Å²) in [5, 5.41) is 16.5. The lowest BCUT2D eigenvalue weighted by molar-refractivity contribution is 0.0342. The summed E-state index contributed by atoms with van der Waals surface area (Å²) in [4.78, 5) is 5.17. The van der Waals surface area contributed by atoms with Gasteiger partial charge >= 0.3 is 0 Å². The van der Waals surface area contributed by atoms with Crippen LogP contribution in [0.25, 0.3) is 43.9 Å². The molecule has 3 aromatic heterocycles. The average molecular weight is 532 g/mol. The first-order valence-electron chi connectivity index (χ1n) is 11.5. The van der Waals surface area contributed by atoms with E-state index in [9.17, 15) is 0 Å². The van der Waals surface area contributed by atoms with E-state index in [2.05, 4.69) is 89.8 Å². The zero-order valence-electron chi connectivity index (χ0n) is 18.4. The van der Waals surface area contributed by atoms with E-state index < -0.39 is 0 Å². The van der Waals surface area contributed by atoms with E-state index in [4.69, 9.17) is 4.74 Å². The molecule has 1 fully saturated rings. The summed E-state index contributed by atoms with van der Waals surface area (Å²) in [5.41, 5.74) is 9.41. The summed E-state index contributed by atoms with van der Waals surface area (Å²) in [6, 6.07) is 17.7. The fraction of sp³-hybridized carbons (Fsp3) is 0.231. The van der Waals surface area contributed by atoms with Gasteiger partial charge in [-0.3, -0.25) is 15.1 Å². The Morgan fingerprint density at radius 1 is 0.971 bits per heavy atom. The predicted molar refractivity (Wildman–Crippen MR) is 139 cm³/mol.